The van der Waals surface area contributed by atoms with E-state index >= 15 is 0 Å². The summed E-state index contributed by atoms with van der Waals surface area (Å²) in [7, 11) is 0. The lowest BCUT2D eigenvalue weighted by Gasteiger charge is -2.12. The number of carbonyl (C=O) groups excluding carboxylic acids is 1. The fourth-order valence-corrected chi connectivity index (χ4v) is 2.39. The largest absolute Gasteiger partial charge is 0.389 e. The van der Waals surface area contributed by atoms with Gasteiger partial charge in [-0.15, -0.1) is 0 Å². The first-order valence-corrected chi connectivity index (χ1v) is 5.74. The summed E-state index contributed by atoms with van der Waals surface area (Å²) >= 11 is 5.99. The lowest BCUT2D eigenvalue weighted by atomic mass is 9.95. The summed E-state index contributed by atoms with van der Waals surface area (Å²) in [5.41, 5.74) is 2.32. The van der Waals surface area contributed by atoms with Gasteiger partial charge in [0.25, 0.3) is 0 Å². The Balaban J connectivity index is 2.59. The molecule has 1 aromatic rings. The van der Waals surface area contributed by atoms with Gasteiger partial charge in [0.05, 0.1) is 17.7 Å². The highest BCUT2D eigenvalue weighted by Gasteiger charge is 2.31. The minimum atomic E-state index is -0.636. The molecule has 86 valence electrons. The molecular weight excluding hydrogens is 226 g/mol. The number of aliphatic hydroxyl groups excluding tert-OH is 1. The molecule has 0 saturated heterocycles. The van der Waals surface area contributed by atoms with Gasteiger partial charge in [-0.3, -0.25) is 4.79 Å². The van der Waals surface area contributed by atoms with E-state index in [0.717, 1.165) is 17.7 Å². The monoisotopic (exact) mass is 239 g/mol. The predicted octanol–water partition coefficient (Wildman–Crippen LogP) is 2.84. The van der Waals surface area contributed by atoms with Crippen LogP contribution in [-0.2, 0) is 4.79 Å². The average molecular weight is 240 g/mol. The van der Waals surface area contributed by atoms with Crippen LogP contribution in [0.3, 0.4) is 0 Å². The van der Waals surface area contributed by atoms with Gasteiger partial charge < -0.3 is 10.4 Å². The van der Waals surface area contributed by atoms with Crippen LogP contribution >= 0.6 is 11.6 Å². The molecule has 4 heteroatoms. The molecule has 1 aromatic carbocycles. The second-order valence-corrected chi connectivity index (χ2v) is 4.52. The molecule has 1 amide bonds. The number of nitrogens with one attached hydrogen (secondary N) is 1. The third-order valence-corrected chi connectivity index (χ3v) is 3.18. The molecule has 1 heterocycles. The quantitative estimate of drug-likeness (QED) is 0.834. The zero-order valence-corrected chi connectivity index (χ0v) is 10.0. The number of hydrogen-bond acceptors (Lipinski definition) is 2. The topological polar surface area (TPSA) is 49.3 Å². The third kappa shape index (κ3) is 1.70. The second kappa shape index (κ2) is 4.07. The lowest BCUT2D eigenvalue weighted by Crippen LogP contribution is -2.11. The van der Waals surface area contributed by atoms with Gasteiger partial charge in [0.15, 0.2) is 0 Å². The van der Waals surface area contributed by atoms with E-state index in [4.69, 9.17) is 11.6 Å². The van der Waals surface area contributed by atoms with Crippen LogP contribution in [0, 0.1) is 0 Å². The average Bonchev–Trinajstić information content (AvgIpc) is 2.52. The van der Waals surface area contributed by atoms with Crippen molar-refractivity contribution in [3.63, 3.8) is 0 Å². The Morgan fingerprint density at radius 2 is 2.25 bits per heavy atom. The van der Waals surface area contributed by atoms with E-state index in [-0.39, 0.29) is 11.8 Å². The molecule has 1 aliphatic rings. The van der Waals surface area contributed by atoms with Crippen LogP contribution in [-0.4, -0.2) is 11.0 Å². The smallest absolute Gasteiger partial charge is 0.232 e. The molecule has 1 aliphatic heterocycles. The molecule has 2 rings (SSSR count). The molecule has 0 radical (unpaired) electrons. The highest BCUT2D eigenvalue weighted by molar-refractivity contribution is 6.31. The van der Waals surface area contributed by atoms with Crippen molar-refractivity contribution in [2.45, 2.75) is 32.3 Å². The SMILES string of the molecule is CCC1C(=O)Nc2c(C(C)O)cc(Cl)cc21. The van der Waals surface area contributed by atoms with Crippen LogP contribution in [0.5, 0.6) is 0 Å². The standard InChI is InChI=1S/C12H14ClNO2/c1-3-8-10-5-7(13)4-9(6(2)15)11(10)14-12(8)16/h4-6,8,15H,3H2,1-2H3,(H,14,16). The number of benzene rings is 1. The van der Waals surface area contributed by atoms with Gasteiger partial charge in [0.1, 0.15) is 0 Å². The minimum absolute atomic E-state index is 0.0123. The summed E-state index contributed by atoms with van der Waals surface area (Å²) < 4.78 is 0. The van der Waals surface area contributed by atoms with Crippen molar-refractivity contribution >= 4 is 23.2 Å². The first-order valence-electron chi connectivity index (χ1n) is 5.36. The molecule has 16 heavy (non-hydrogen) atoms. The fraction of sp³-hybridized carbons (Fsp3) is 0.417. The normalized spacial score (nSPS) is 20.5. The Kier molecular flexibility index (Phi) is 2.91. The molecule has 2 unspecified atom stereocenters. The molecule has 2 N–H and O–H groups in total. The molecule has 0 aromatic heterocycles. The molecule has 0 saturated carbocycles. The van der Waals surface area contributed by atoms with Crippen LogP contribution in [0.4, 0.5) is 5.69 Å². The van der Waals surface area contributed by atoms with Gasteiger partial charge in [-0.25, -0.2) is 0 Å². The summed E-state index contributed by atoms with van der Waals surface area (Å²) in [6, 6.07) is 3.50. The van der Waals surface area contributed by atoms with Crippen LogP contribution < -0.4 is 5.32 Å². The van der Waals surface area contributed by atoms with Crippen molar-refractivity contribution in [1.29, 1.82) is 0 Å². The molecule has 2 atom stereocenters. The number of amides is 1. The van der Waals surface area contributed by atoms with Crippen molar-refractivity contribution in [1.82, 2.24) is 0 Å². The van der Waals surface area contributed by atoms with E-state index in [1.165, 1.54) is 0 Å². The van der Waals surface area contributed by atoms with E-state index in [0.29, 0.717) is 10.6 Å². The number of rotatable bonds is 2. The third-order valence-electron chi connectivity index (χ3n) is 2.96. The van der Waals surface area contributed by atoms with E-state index in [9.17, 15) is 9.90 Å². The van der Waals surface area contributed by atoms with E-state index in [1.807, 2.05) is 6.92 Å². The summed E-state index contributed by atoms with van der Waals surface area (Å²) in [5, 5.41) is 13.0. The first kappa shape index (κ1) is 11.4. The minimum Gasteiger partial charge on any atom is -0.389 e. The zero-order chi connectivity index (χ0) is 11.9. The summed E-state index contributed by atoms with van der Waals surface area (Å²) in [6.45, 7) is 3.62. The van der Waals surface area contributed by atoms with E-state index in [1.54, 1.807) is 19.1 Å². The van der Waals surface area contributed by atoms with Crippen LogP contribution in [0.1, 0.15) is 43.4 Å². The number of carbonyl (C=O) groups is 1. The lowest BCUT2D eigenvalue weighted by molar-refractivity contribution is -0.117. The van der Waals surface area contributed by atoms with Crippen LogP contribution in [0.15, 0.2) is 12.1 Å². The van der Waals surface area contributed by atoms with E-state index in [2.05, 4.69) is 5.32 Å². The maximum atomic E-state index is 11.7. The summed E-state index contributed by atoms with van der Waals surface area (Å²) in [5.74, 6) is -0.159. The highest BCUT2D eigenvalue weighted by atomic mass is 35.5. The van der Waals surface area contributed by atoms with Gasteiger partial charge in [0.2, 0.25) is 5.91 Å². The maximum absolute atomic E-state index is 11.7. The van der Waals surface area contributed by atoms with Crippen molar-refractivity contribution in [3.8, 4) is 0 Å². The Morgan fingerprint density at radius 3 is 2.81 bits per heavy atom. The van der Waals surface area contributed by atoms with Crippen molar-refractivity contribution in [2.24, 2.45) is 0 Å². The Labute approximate surface area is 99.4 Å². The predicted molar refractivity (Wildman–Crippen MR) is 63.7 cm³/mol. The second-order valence-electron chi connectivity index (χ2n) is 4.09. The molecule has 0 bridgehead atoms. The molecule has 0 spiro atoms. The zero-order valence-electron chi connectivity index (χ0n) is 9.25. The number of fused-ring (bicyclic) bond motifs is 1. The molecular formula is C12H14ClNO2. The van der Waals surface area contributed by atoms with Crippen LogP contribution in [0.2, 0.25) is 5.02 Å². The number of anilines is 1. The number of hydrogen-bond donors (Lipinski definition) is 2. The van der Waals surface area contributed by atoms with Crippen molar-refractivity contribution in [2.75, 3.05) is 5.32 Å². The van der Waals surface area contributed by atoms with Gasteiger partial charge in [-0.2, -0.15) is 0 Å². The molecule has 0 fully saturated rings. The van der Waals surface area contributed by atoms with Gasteiger partial charge in [-0.1, -0.05) is 18.5 Å². The highest BCUT2D eigenvalue weighted by Crippen LogP contribution is 2.41. The fourth-order valence-electron chi connectivity index (χ4n) is 2.16. The Hall–Kier alpha value is -1.06. The van der Waals surface area contributed by atoms with Crippen molar-refractivity contribution < 1.29 is 9.90 Å². The number of aliphatic hydroxyl groups is 1. The van der Waals surface area contributed by atoms with E-state index < -0.39 is 6.10 Å². The molecule has 0 aliphatic carbocycles. The summed E-state index contributed by atoms with van der Waals surface area (Å²) in [6.07, 6.45) is 0.0988. The Morgan fingerprint density at radius 1 is 1.56 bits per heavy atom. The number of halogens is 1. The Bertz CT molecular complexity index is 443. The maximum Gasteiger partial charge on any atom is 0.232 e. The van der Waals surface area contributed by atoms with Gasteiger partial charge in [0, 0.05) is 10.6 Å². The van der Waals surface area contributed by atoms with Gasteiger partial charge >= 0.3 is 0 Å². The van der Waals surface area contributed by atoms with Crippen molar-refractivity contribution in [3.05, 3.63) is 28.3 Å². The first-order chi connectivity index (χ1) is 7.54. The van der Waals surface area contributed by atoms with Crippen LogP contribution in [0.25, 0.3) is 0 Å². The molecule has 3 nitrogen and oxygen atoms in total. The summed E-state index contributed by atoms with van der Waals surface area (Å²) in [4.78, 5) is 11.7. The van der Waals surface area contributed by atoms with Gasteiger partial charge in [-0.05, 0) is 31.0 Å².